The van der Waals surface area contributed by atoms with E-state index in [0.29, 0.717) is 5.69 Å². The first-order valence-electron chi connectivity index (χ1n) is 10.3. The minimum atomic E-state index is -1.15. The van der Waals surface area contributed by atoms with Crippen molar-refractivity contribution < 1.29 is 24.2 Å². The van der Waals surface area contributed by atoms with Crippen molar-refractivity contribution in [2.24, 2.45) is 5.92 Å². The number of nitrogens with zero attached hydrogens (tertiary/aromatic N) is 1. The summed E-state index contributed by atoms with van der Waals surface area (Å²) in [5, 5.41) is 15.7. The molecule has 0 spiro atoms. The molecule has 3 N–H and O–H groups in total. The number of ether oxygens (including phenoxy) is 1. The molecule has 0 saturated carbocycles. The molecule has 8 heteroatoms. The van der Waals surface area contributed by atoms with E-state index in [-0.39, 0.29) is 49.8 Å². The number of carboxylic acid groups (broad SMARTS) is 1. The van der Waals surface area contributed by atoms with Gasteiger partial charge in [0.05, 0.1) is 25.7 Å². The first kappa shape index (κ1) is 23.7. The third-order valence-corrected chi connectivity index (χ3v) is 5.11. The zero-order valence-corrected chi connectivity index (χ0v) is 18.4. The fourth-order valence-corrected chi connectivity index (χ4v) is 3.41. The number of hydrogen-bond acceptors (Lipinski definition) is 4. The lowest BCUT2D eigenvalue weighted by Gasteiger charge is -2.39. The normalized spacial score (nSPS) is 21.4. The Kier molecular flexibility index (Phi) is 7.83. The van der Waals surface area contributed by atoms with E-state index >= 15 is 0 Å². The number of anilines is 1. The second-order valence-corrected chi connectivity index (χ2v) is 8.97. The van der Waals surface area contributed by atoms with Crippen molar-refractivity contribution in [2.75, 3.05) is 18.5 Å². The fourth-order valence-electron chi connectivity index (χ4n) is 3.41. The van der Waals surface area contributed by atoms with Crippen LogP contribution in [0.25, 0.3) is 0 Å². The summed E-state index contributed by atoms with van der Waals surface area (Å²) < 4.78 is 5.64. The summed E-state index contributed by atoms with van der Waals surface area (Å²) in [6, 6.07) is 5.90. The molecule has 2 bridgehead atoms. The van der Waals surface area contributed by atoms with Crippen molar-refractivity contribution in [1.29, 1.82) is 0 Å². The molecule has 0 aliphatic carbocycles. The van der Waals surface area contributed by atoms with Gasteiger partial charge in [-0.2, -0.15) is 0 Å². The number of hydrogen-bond donors (Lipinski definition) is 3. The van der Waals surface area contributed by atoms with Crippen molar-refractivity contribution in [1.82, 2.24) is 10.2 Å². The second-order valence-electron chi connectivity index (χ2n) is 8.97. The first-order chi connectivity index (χ1) is 14.0. The van der Waals surface area contributed by atoms with E-state index in [9.17, 15) is 19.5 Å². The van der Waals surface area contributed by atoms with Crippen molar-refractivity contribution in [3.05, 3.63) is 29.8 Å². The predicted octanol–water partition coefficient (Wildman–Crippen LogP) is 2.88. The van der Waals surface area contributed by atoms with Gasteiger partial charge in [-0.15, -0.1) is 0 Å². The molecule has 8 nitrogen and oxygen atoms in total. The van der Waals surface area contributed by atoms with Crippen LogP contribution in [0.15, 0.2) is 24.3 Å². The molecule has 2 atom stereocenters. The number of fused-ring (bicyclic) bond motifs is 12. The molecule has 0 fully saturated rings. The van der Waals surface area contributed by atoms with Gasteiger partial charge < -0.3 is 20.5 Å². The molecule has 1 aromatic rings. The third kappa shape index (κ3) is 6.45. The molecular weight excluding hydrogens is 386 g/mol. The lowest BCUT2D eigenvalue weighted by atomic mass is 9.96. The molecule has 30 heavy (non-hydrogen) atoms. The van der Waals surface area contributed by atoms with E-state index < -0.39 is 17.7 Å². The number of amides is 3. The lowest BCUT2D eigenvalue weighted by Crippen LogP contribution is -2.59. The second kappa shape index (κ2) is 9.93. The quantitative estimate of drug-likeness (QED) is 0.683. The summed E-state index contributed by atoms with van der Waals surface area (Å²) in [6.07, 6.45) is -0.725. The Labute approximate surface area is 178 Å². The molecule has 3 rings (SSSR count). The van der Waals surface area contributed by atoms with Gasteiger partial charge in [0.15, 0.2) is 0 Å². The van der Waals surface area contributed by atoms with Crippen LogP contribution in [0.2, 0.25) is 0 Å². The maximum Gasteiger partial charge on any atom is 0.408 e. The number of nitrogens with one attached hydrogen (secondary N) is 2. The molecule has 166 valence electrons. The maximum atomic E-state index is 13.3. The van der Waals surface area contributed by atoms with Crippen LogP contribution in [-0.4, -0.2) is 58.8 Å². The Morgan fingerprint density at radius 2 is 1.83 bits per heavy atom. The summed E-state index contributed by atoms with van der Waals surface area (Å²) in [5.41, 5.74) is 0.676. The molecule has 0 saturated heterocycles. The van der Waals surface area contributed by atoms with Gasteiger partial charge in [0.1, 0.15) is 6.04 Å². The maximum absolute atomic E-state index is 13.3. The molecule has 0 unspecified atom stereocenters. The van der Waals surface area contributed by atoms with Crippen LogP contribution in [0.1, 0.15) is 46.6 Å². The molecule has 0 radical (unpaired) electrons. The Bertz CT molecular complexity index is 755. The summed E-state index contributed by atoms with van der Waals surface area (Å²) in [5.74, 6) is -0.431. The van der Waals surface area contributed by atoms with Gasteiger partial charge in [-0.3, -0.25) is 14.5 Å². The van der Waals surface area contributed by atoms with Crippen molar-refractivity contribution in [3.63, 3.8) is 0 Å². The van der Waals surface area contributed by atoms with E-state index in [2.05, 4.69) is 10.6 Å². The summed E-state index contributed by atoms with van der Waals surface area (Å²) in [4.78, 5) is 38.6. The molecule has 2 aliphatic rings. The minimum Gasteiger partial charge on any atom is -0.465 e. The van der Waals surface area contributed by atoms with E-state index in [1.54, 1.807) is 45.0 Å². The largest absolute Gasteiger partial charge is 0.465 e. The summed E-state index contributed by atoms with van der Waals surface area (Å²) in [7, 11) is 0. The van der Waals surface area contributed by atoms with E-state index in [1.807, 2.05) is 13.8 Å². The van der Waals surface area contributed by atoms with Crippen LogP contribution in [0.3, 0.4) is 0 Å². The highest BCUT2D eigenvalue weighted by molar-refractivity contribution is 5.90. The van der Waals surface area contributed by atoms with Crippen LogP contribution < -0.4 is 10.6 Å². The van der Waals surface area contributed by atoms with Crippen LogP contribution >= 0.6 is 0 Å². The van der Waals surface area contributed by atoms with Gasteiger partial charge in [0.2, 0.25) is 11.8 Å². The predicted molar refractivity (Wildman–Crippen MR) is 114 cm³/mol. The van der Waals surface area contributed by atoms with E-state index in [0.717, 1.165) is 5.56 Å². The number of rotatable bonds is 2. The van der Waals surface area contributed by atoms with Gasteiger partial charge in [-0.25, -0.2) is 4.79 Å². The van der Waals surface area contributed by atoms with Gasteiger partial charge >= 0.3 is 6.09 Å². The van der Waals surface area contributed by atoms with Gasteiger partial charge in [-0.1, -0.05) is 26.0 Å². The number of benzene rings is 1. The van der Waals surface area contributed by atoms with Gasteiger partial charge in [-0.05, 0) is 44.4 Å². The highest BCUT2D eigenvalue weighted by Crippen LogP contribution is 2.22. The van der Waals surface area contributed by atoms with Gasteiger partial charge in [0, 0.05) is 17.6 Å². The Morgan fingerprint density at radius 3 is 2.37 bits per heavy atom. The van der Waals surface area contributed by atoms with Crippen LogP contribution in [0.5, 0.6) is 0 Å². The monoisotopic (exact) mass is 419 g/mol. The zero-order valence-electron chi connectivity index (χ0n) is 18.4. The van der Waals surface area contributed by atoms with Crippen LogP contribution in [-0.2, 0) is 20.7 Å². The first-order valence-corrected chi connectivity index (χ1v) is 10.3. The van der Waals surface area contributed by atoms with E-state index in [4.69, 9.17) is 4.74 Å². The summed E-state index contributed by atoms with van der Waals surface area (Å²) >= 11 is 0. The number of carbonyl (C=O) groups excluding carboxylic acids is 2. The smallest absolute Gasteiger partial charge is 0.408 e. The minimum absolute atomic E-state index is 0.0749. The van der Waals surface area contributed by atoms with Crippen molar-refractivity contribution in [3.8, 4) is 0 Å². The van der Waals surface area contributed by atoms with Crippen molar-refractivity contribution in [2.45, 2.75) is 65.1 Å². The topological polar surface area (TPSA) is 108 Å². The van der Waals surface area contributed by atoms with E-state index in [1.165, 1.54) is 4.90 Å². The summed E-state index contributed by atoms with van der Waals surface area (Å²) in [6.45, 7) is 9.71. The average molecular weight is 420 g/mol. The number of carbonyl (C=O) groups is 3. The SMILES string of the molecule is CC(C)[C@H]1COCCC(=O)Nc2ccc(cc2)C[C@@H](N(C(=O)O)C(C)(C)C)C(=O)N1. The Hall–Kier alpha value is -2.61. The molecule has 2 heterocycles. The Morgan fingerprint density at radius 1 is 1.20 bits per heavy atom. The molecule has 1 aromatic carbocycles. The lowest BCUT2D eigenvalue weighted by molar-refractivity contribution is -0.129. The highest BCUT2D eigenvalue weighted by atomic mass is 16.5. The fraction of sp³-hybridized carbons (Fsp3) is 0.591. The molecular formula is C22H33N3O5. The third-order valence-electron chi connectivity index (χ3n) is 5.11. The zero-order chi connectivity index (χ0) is 22.5. The Balaban J connectivity index is 2.43. The van der Waals surface area contributed by atoms with Gasteiger partial charge in [0.25, 0.3) is 0 Å². The standard InChI is InChI=1S/C22H33N3O5/c1-14(2)17-13-30-11-10-19(26)23-16-8-6-15(7-9-16)12-18(20(27)24-17)25(21(28)29)22(3,4)5/h6-9,14,17-18H,10-13H2,1-5H3,(H,23,26)(H,24,27)(H,28,29)/t17-,18-/m1/s1. The molecule has 0 aromatic heterocycles. The highest BCUT2D eigenvalue weighted by Gasteiger charge is 2.38. The van der Waals surface area contributed by atoms with Crippen molar-refractivity contribution >= 4 is 23.6 Å². The van der Waals surface area contributed by atoms with Crippen LogP contribution in [0.4, 0.5) is 10.5 Å². The van der Waals surface area contributed by atoms with Crippen LogP contribution in [0, 0.1) is 5.92 Å². The molecule has 3 amide bonds. The average Bonchev–Trinajstić information content (AvgIpc) is 2.63. The molecule has 2 aliphatic heterocycles.